The number of fused-ring (bicyclic) bond motifs is 1. The van der Waals surface area contributed by atoms with E-state index in [4.69, 9.17) is 5.11 Å². The fourth-order valence-corrected chi connectivity index (χ4v) is 1.45. The fourth-order valence-electron chi connectivity index (χ4n) is 1.45. The van der Waals surface area contributed by atoms with Crippen molar-refractivity contribution in [2.45, 2.75) is 18.9 Å². The SMILES string of the molecule is O=C(O)[C@H]1CCn2ccnc21. The minimum atomic E-state index is -0.769. The Labute approximate surface area is 63.5 Å². The predicted molar refractivity (Wildman–Crippen MR) is 37.2 cm³/mol. The van der Waals surface area contributed by atoms with Crippen LogP contribution in [0.3, 0.4) is 0 Å². The molecule has 0 spiro atoms. The Balaban J connectivity index is 2.38. The molecule has 2 heterocycles. The van der Waals surface area contributed by atoms with Gasteiger partial charge in [-0.1, -0.05) is 0 Å². The summed E-state index contributed by atoms with van der Waals surface area (Å²) in [7, 11) is 0. The van der Waals surface area contributed by atoms with E-state index in [1.54, 1.807) is 6.20 Å². The van der Waals surface area contributed by atoms with E-state index in [1.165, 1.54) is 0 Å². The van der Waals surface area contributed by atoms with Gasteiger partial charge in [0.1, 0.15) is 11.7 Å². The number of carboxylic acids is 1. The molecule has 1 aromatic rings. The number of imidazole rings is 1. The largest absolute Gasteiger partial charge is 0.481 e. The number of carbonyl (C=O) groups is 1. The Kier molecular flexibility index (Phi) is 1.21. The van der Waals surface area contributed by atoms with Crippen LogP contribution < -0.4 is 0 Å². The van der Waals surface area contributed by atoms with Gasteiger partial charge in [-0.25, -0.2) is 4.98 Å². The third kappa shape index (κ3) is 0.824. The first-order valence-corrected chi connectivity index (χ1v) is 3.53. The zero-order chi connectivity index (χ0) is 7.84. The van der Waals surface area contributed by atoms with E-state index < -0.39 is 5.97 Å². The van der Waals surface area contributed by atoms with Crippen molar-refractivity contribution in [1.82, 2.24) is 9.55 Å². The highest BCUT2D eigenvalue weighted by Crippen LogP contribution is 2.25. The van der Waals surface area contributed by atoms with Gasteiger partial charge >= 0.3 is 5.97 Å². The molecule has 1 aromatic heterocycles. The van der Waals surface area contributed by atoms with Crippen LogP contribution in [0.25, 0.3) is 0 Å². The van der Waals surface area contributed by atoms with E-state index in [0.717, 1.165) is 6.54 Å². The first-order chi connectivity index (χ1) is 5.29. The lowest BCUT2D eigenvalue weighted by atomic mass is 10.1. The molecule has 1 aliphatic rings. The Hall–Kier alpha value is -1.32. The number of aryl methyl sites for hydroxylation is 1. The second-order valence-electron chi connectivity index (χ2n) is 2.66. The normalized spacial score (nSPS) is 21.6. The van der Waals surface area contributed by atoms with Gasteiger partial charge < -0.3 is 9.67 Å². The molecule has 0 fully saturated rings. The highest BCUT2D eigenvalue weighted by Gasteiger charge is 2.29. The van der Waals surface area contributed by atoms with Gasteiger partial charge in [-0.2, -0.15) is 0 Å². The standard InChI is InChI=1S/C7H8N2O2/c10-7(11)5-1-3-9-4-2-8-6(5)9/h2,4-5H,1,3H2,(H,10,11)/t5-/m0/s1. The molecule has 4 heteroatoms. The average molecular weight is 152 g/mol. The van der Waals surface area contributed by atoms with Gasteiger partial charge in [-0.3, -0.25) is 4.79 Å². The quantitative estimate of drug-likeness (QED) is 0.635. The van der Waals surface area contributed by atoms with E-state index >= 15 is 0 Å². The Bertz CT molecular complexity index is 292. The van der Waals surface area contributed by atoms with Gasteiger partial charge in [-0.15, -0.1) is 0 Å². The molecule has 0 unspecified atom stereocenters. The molecule has 0 aliphatic carbocycles. The number of hydrogen-bond donors (Lipinski definition) is 1. The molecule has 0 saturated heterocycles. The van der Waals surface area contributed by atoms with Crippen molar-refractivity contribution in [3.05, 3.63) is 18.2 Å². The van der Waals surface area contributed by atoms with Crippen molar-refractivity contribution in [1.29, 1.82) is 0 Å². The first-order valence-electron chi connectivity index (χ1n) is 3.53. The van der Waals surface area contributed by atoms with Gasteiger partial charge in [0.05, 0.1) is 0 Å². The van der Waals surface area contributed by atoms with Crippen LogP contribution in [0.4, 0.5) is 0 Å². The molecule has 0 bridgehead atoms. The monoisotopic (exact) mass is 152 g/mol. The van der Waals surface area contributed by atoms with Crippen molar-refractivity contribution < 1.29 is 9.90 Å². The first kappa shape index (κ1) is 6.39. The Morgan fingerprint density at radius 2 is 2.64 bits per heavy atom. The van der Waals surface area contributed by atoms with Crippen molar-refractivity contribution in [3.63, 3.8) is 0 Å². The number of carboxylic acid groups (broad SMARTS) is 1. The maximum Gasteiger partial charge on any atom is 0.314 e. The van der Waals surface area contributed by atoms with Crippen LogP contribution in [0.15, 0.2) is 12.4 Å². The summed E-state index contributed by atoms with van der Waals surface area (Å²) in [6, 6.07) is 0. The molecule has 1 N–H and O–H groups in total. The summed E-state index contributed by atoms with van der Waals surface area (Å²) in [5.41, 5.74) is 0. The minimum Gasteiger partial charge on any atom is -0.481 e. The smallest absolute Gasteiger partial charge is 0.314 e. The highest BCUT2D eigenvalue weighted by molar-refractivity contribution is 5.75. The summed E-state index contributed by atoms with van der Waals surface area (Å²) in [6.07, 6.45) is 4.14. The summed E-state index contributed by atoms with van der Waals surface area (Å²) in [6.45, 7) is 0.784. The van der Waals surface area contributed by atoms with Gasteiger partial charge in [0, 0.05) is 18.9 Å². The summed E-state index contributed by atoms with van der Waals surface area (Å²) in [5.74, 6) is -0.461. The lowest BCUT2D eigenvalue weighted by molar-refractivity contribution is -0.138. The summed E-state index contributed by atoms with van der Waals surface area (Å²) < 4.78 is 1.89. The molecule has 1 aliphatic heterocycles. The third-order valence-corrected chi connectivity index (χ3v) is 2.02. The van der Waals surface area contributed by atoms with E-state index in [0.29, 0.717) is 12.2 Å². The number of aromatic nitrogens is 2. The van der Waals surface area contributed by atoms with Gasteiger partial charge in [0.15, 0.2) is 0 Å². The van der Waals surface area contributed by atoms with Crippen LogP contribution in [0, 0.1) is 0 Å². The molecular weight excluding hydrogens is 144 g/mol. The fraction of sp³-hybridized carbons (Fsp3) is 0.429. The third-order valence-electron chi connectivity index (χ3n) is 2.02. The van der Waals surface area contributed by atoms with Crippen LogP contribution in [-0.2, 0) is 11.3 Å². The van der Waals surface area contributed by atoms with E-state index in [9.17, 15) is 4.79 Å². The molecule has 11 heavy (non-hydrogen) atoms. The van der Waals surface area contributed by atoms with Crippen LogP contribution in [0.5, 0.6) is 0 Å². The summed E-state index contributed by atoms with van der Waals surface area (Å²) >= 11 is 0. The molecule has 2 rings (SSSR count). The Morgan fingerprint density at radius 3 is 3.36 bits per heavy atom. The molecule has 0 amide bonds. The summed E-state index contributed by atoms with van der Waals surface area (Å²) in [4.78, 5) is 14.6. The minimum absolute atomic E-state index is 0.384. The molecule has 0 aromatic carbocycles. The van der Waals surface area contributed by atoms with Crippen molar-refractivity contribution in [2.24, 2.45) is 0 Å². The molecule has 0 radical (unpaired) electrons. The average Bonchev–Trinajstić information content (AvgIpc) is 2.41. The van der Waals surface area contributed by atoms with Gasteiger partial charge in [-0.05, 0) is 6.42 Å². The maximum atomic E-state index is 10.6. The van der Waals surface area contributed by atoms with E-state index in [-0.39, 0.29) is 5.92 Å². The van der Waals surface area contributed by atoms with E-state index in [1.807, 2.05) is 10.8 Å². The second-order valence-corrected chi connectivity index (χ2v) is 2.66. The number of rotatable bonds is 1. The zero-order valence-corrected chi connectivity index (χ0v) is 5.90. The lowest BCUT2D eigenvalue weighted by Gasteiger charge is -1.98. The van der Waals surface area contributed by atoms with Gasteiger partial charge in [0.2, 0.25) is 0 Å². The van der Waals surface area contributed by atoms with E-state index in [2.05, 4.69) is 4.98 Å². The Morgan fingerprint density at radius 1 is 1.82 bits per heavy atom. The zero-order valence-electron chi connectivity index (χ0n) is 5.90. The molecular formula is C7H8N2O2. The molecule has 4 nitrogen and oxygen atoms in total. The van der Waals surface area contributed by atoms with Crippen LogP contribution in [0.2, 0.25) is 0 Å². The lowest BCUT2D eigenvalue weighted by Crippen LogP contribution is -2.08. The topological polar surface area (TPSA) is 55.1 Å². The highest BCUT2D eigenvalue weighted by atomic mass is 16.4. The summed E-state index contributed by atoms with van der Waals surface area (Å²) in [5, 5.41) is 8.73. The number of nitrogens with zero attached hydrogens (tertiary/aromatic N) is 2. The second kappa shape index (κ2) is 2.08. The van der Waals surface area contributed by atoms with Crippen LogP contribution in [-0.4, -0.2) is 20.6 Å². The maximum absolute atomic E-state index is 10.6. The van der Waals surface area contributed by atoms with Crippen molar-refractivity contribution in [2.75, 3.05) is 0 Å². The molecule has 0 saturated carbocycles. The molecule has 58 valence electrons. The number of aliphatic carboxylic acids is 1. The van der Waals surface area contributed by atoms with Crippen molar-refractivity contribution >= 4 is 5.97 Å². The van der Waals surface area contributed by atoms with Crippen molar-refractivity contribution in [3.8, 4) is 0 Å². The number of hydrogen-bond acceptors (Lipinski definition) is 2. The molecule has 1 atom stereocenters. The van der Waals surface area contributed by atoms with Gasteiger partial charge in [0.25, 0.3) is 0 Å². The van der Waals surface area contributed by atoms with Crippen LogP contribution in [0.1, 0.15) is 18.2 Å². The van der Waals surface area contributed by atoms with Crippen LogP contribution >= 0.6 is 0 Å². The predicted octanol–water partition coefficient (Wildman–Crippen LogP) is 0.455.